The number of H-pyrrole nitrogens is 1. The van der Waals surface area contributed by atoms with Crippen LogP contribution < -0.4 is 10.9 Å². The summed E-state index contributed by atoms with van der Waals surface area (Å²) >= 11 is 1.68. The van der Waals surface area contributed by atoms with Crippen LogP contribution in [0.2, 0.25) is 0 Å². The van der Waals surface area contributed by atoms with E-state index in [1.807, 2.05) is 17.6 Å². The Morgan fingerprint density at radius 2 is 2.30 bits per heavy atom. The van der Waals surface area contributed by atoms with Crippen molar-refractivity contribution in [2.75, 3.05) is 5.32 Å². The van der Waals surface area contributed by atoms with Crippen LogP contribution in [-0.2, 0) is 13.6 Å². The van der Waals surface area contributed by atoms with Gasteiger partial charge in [0, 0.05) is 31.4 Å². The molecule has 0 aliphatic rings. The molecule has 0 saturated heterocycles. The second kappa shape index (κ2) is 5.34. The Hall–Kier alpha value is -2.34. The average Bonchev–Trinajstić information content (AvgIpc) is 3.09. The summed E-state index contributed by atoms with van der Waals surface area (Å²) in [7, 11) is 1.74. The van der Waals surface area contributed by atoms with Crippen molar-refractivity contribution in [3.63, 3.8) is 0 Å². The number of hydrogen-bond acceptors (Lipinski definition) is 4. The molecule has 0 aliphatic heterocycles. The normalized spacial score (nSPS) is 10.7. The molecule has 3 heterocycles. The molecule has 0 aliphatic carbocycles. The molecule has 20 heavy (non-hydrogen) atoms. The maximum Gasteiger partial charge on any atom is 0.250 e. The van der Waals surface area contributed by atoms with Crippen LogP contribution in [0.3, 0.4) is 0 Å². The maximum atomic E-state index is 11.3. The predicted molar refractivity (Wildman–Crippen MR) is 80.9 cm³/mol. The zero-order valence-electron chi connectivity index (χ0n) is 11.0. The zero-order valence-corrected chi connectivity index (χ0v) is 11.8. The summed E-state index contributed by atoms with van der Waals surface area (Å²) in [5, 5.41) is 12.5. The molecule has 0 radical (unpaired) electrons. The molecule has 0 fully saturated rings. The fourth-order valence-electron chi connectivity index (χ4n) is 1.98. The maximum absolute atomic E-state index is 11.3. The van der Waals surface area contributed by atoms with Gasteiger partial charge in [-0.05, 0) is 17.5 Å². The molecule has 0 atom stereocenters. The van der Waals surface area contributed by atoms with Gasteiger partial charge in [0.1, 0.15) is 0 Å². The SMILES string of the molecule is Cn1cc(NCc2cn[nH]c2-c2cccs2)ccc1=O. The van der Waals surface area contributed by atoms with E-state index in [1.165, 1.54) is 4.88 Å². The number of nitrogens with one attached hydrogen (secondary N) is 2. The highest BCUT2D eigenvalue weighted by Gasteiger charge is 2.08. The van der Waals surface area contributed by atoms with Crippen LogP contribution in [0, 0.1) is 0 Å². The summed E-state index contributed by atoms with van der Waals surface area (Å²) in [6.45, 7) is 0.655. The zero-order chi connectivity index (χ0) is 13.9. The summed E-state index contributed by atoms with van der Waals surface area (Å²) in [4.78, 5) is 12.5. The highest BCUT2D eigenvalue weighted by atomic mass is 32.1. The fourth-order valence-corrected chi connectivity index (χ4v) is 2.73. The largest absolute Gasteiger partial charge is 0.380 e. The molecule has 0 spiro atoms. The van der Waals surface area contributed by atoms with Crippen LogP contribution >= 0.6 is 11.3 Å². The van der Waals surface area contributed by atoms with Gasteiger partial charge in [-0.3, -0.25) is 9.89 Å². The van der Waals surface area contributed by atoms with E-state index in [2.05, 4.69) is 21.6 Å². The van der Waals surface area contributed by atoms with Gasteiger partial charge in [0.2, 0.25) is 5.56 Å². The van der Waals surface area contributed by atoms with Gasteiger partial charge >= 0.3 is 0 Å². The Bertz CT molecular complexity index is 758. The molecule has 0 bridgehead atoms. The molecule has 0 saturated carbocycles. The van der Waals surface area contributed by atoms with E-state index in [1.54, 1.807) is 41.3 Å². The molecular weight excluding hydrogens is 272 g/mol. The topological polar surface area (TPSA) is 62.7 Å². The Morgan fingerprint density at radius 3 is 3.05 bits per heavy atom. The van der Waals surface area contributed by atoms with Crippen molar-refractivity contribution < 1.29 is 0 Å². The van der Waals surface area contributed by atoms with Gasteiger partial charge in [-0.25, -0.2) is 0 Å². The third-order valence-electron chi connectivity index (χ3n) is 3.05. The Balaban J connectivity index is 1.77. The average molecular weight is 286 g/mol. The summed E-state index contributed by atoms with van der Waals surface area (Å²) in [5.41, 5.74) is 3.03. The van der Waals surface area contributed by atoms with Crippen molar-refractivity contribution in [3.8, 4) is 10.6 Å². The van der Waals surface area contributed by atoms with Gasteiger partial charge in [0.25, 0.3) is 0 Å². The number of pyridine rings is 1. The van der Waals surface area contributed by atoms with Gasteiger partial charge in [0.15, 0.2) is 0 Å². The van der Waals surface area contributed by atoms with Crippen LogP contribution in [0.1, 0.15) is 5.56 Å². The van der Waals surface area contributed by atoms with Crippen LogP contribution in [0.15, 0.2) is 46.8 Å². The molecule has 0 aromatic carbocycles. The lowest BCUT2D eigenvalue weighted by Gasteiger charge is -2.07. The van der Waals surface area contributed by atoms with Gasteiger partial charge < -0.3 is 9.88 Å². The first-order valence-corrected chi connectivity index (χ1v) is 7.08. The van der Waals surface area contributed by atoms with Crippen molar-refractivity contribution in [1.29, 1.82) is 0 Å². The monoisotopic (exact) mass is 286 g/mol. The third kappa shape index (κ3) is 2.50. The van der Waals surface area contributed by atoms with Crippen molar-refractivity contribution in [2.24, 2.45) is 7.05 Å². The van der Waals surface area contributed by atoms with Crippen molar-refractivity contribution in [1.82, 2.24) is 14.8 Å². The van der Waals surface area contributed by atoms with E-state index < -0.39 is 0 Å². The van der Waals surface area contributed by atoms with E-state index in [4.69, 9.17) is 0 Å². The number of aromatic amines is 1. The van der Waals surface area contributed by atoms with Crippen LogP contribution in [-0.4, -0.2) is 14.8 Å². The van der Waals surface area contributed by atoms with E-state index in [0.29, 0.717) is 6.54 Å². The lowest BCUT2D eigenvalue weighted by Crippen LogP contribution is -2.15. The summed E-state index contributed by atoms with van der Waals surface area (Å²) < 4.78 is 1.55. The number of rotatable bonds is 4. The van der Waals surface area contributed by atoms with E-state index in [9.17, 15) is 4.79 Å². The lowest BCUT2D eigenvalue weighted by atomic mass is 10.2. The first kappa shape index (κ1) is 12.7. The second-order valence-corrected chi connectivity index (χ2v) is 5.42. The van der Waals surface area contributed by atoms with Gasteiger partial charge in [-0.2, -0.15) is 5.10 Å². The Morgan fingerprint density at radius 1 is 1.40 bits per heavy atom. The van der Waals surface area contributed by atoms with E-state index >= 15 is 0 Å². The highest BCUT2D eigenvalue weighted by molar-refractivity contribution is 7.13. The minimum Gasteiger partial charge on any atom is -0.380 e. The molecule has 2 N–H and O–H groups in total. The number of nitrogens with zero attached hydrogens (tertiary/aromatic N) is 2. The minimum atomic E-state index is -0.0156. The first-order valence-electron chi connectivity index (χ1n) is 6.21. The second-order valence-electron chi connectivity index (χ2n) is 4.47. The number of aromatic nitrogens is 3. The van der Waals surface area contributed by atoms with E-state index in [-0.39, 0.29) is 5.56 Å². The fraction of sp³-hybridized carbons (Fsp3) is 0.143. The highest BCUT2D eigenvalue weighted by Crippen LogP contribution is 2.26. The third-order valence-corrected chi connectivity index (χ3v) is 3.94. The van der Waals surface area contributed by atoms with Crippen molar-refractivity contribution in [3.05, 3.63) is 58.0 Å². The summed E-state index contributed by atoms with van der Waals surface area (Å²) in [6.07, 6.45) is 3.61. The number of hydrogen-bond donors (Lipinski definition) is 2. The molecule has 0 amide bonds. The molecule has 3 rings (SSSR count). The van der Waals surface area contributed by atoms with Crippen LogP contribution in [0.4, 0.5) is 5.69 Å². The quantitative estimate of drug-likeness (QED) is 0.774. The Labute approximate surface area is 119 Å². The minimum absolute atomic E-state index is 0.0156. The molecule has 102 valence electrons. The van der Waals surface area contributed by atoms with Gasteiger partial charge in [0.05, 0.1) is 22.5 Å². The number of thiophene rings is 1. The summed E-state index contributed by atoms with van der Waals surface area (Å²) in [6, 6.07) is 7.42. The lowest BCUT2D eigenvalue weighted by molar-refractivity contribution is 0.859. The van der Waals surface area contributed by atoms with E-state index in [0.717, 1.165) is 16.9 Å². The van der Waals surface area contributed by atoms with Gasteiger partial charge in [-0.15, -0.1) is 11.3 Å². The molecular formula is C14H14N4OS. The standard InChI is InChI=1S/C14H14N4OS/c1-18-9-11(4-5-13(18)19)15-7-10-8-16-17-14(10)12-3-2-6-20-12/h2-6,8-9,15H,7H2,1H3,(H,16,17). The smallest absolute Gasteiger partial charge is 0.250 e. The molecule has 0 unspecified atom stereocenters. The molecule has 5 nitrogen and oxygen atoms in total. The Kier molecular flexibility index (Phi) is 3.39. The molecule has 3 aromatic heterocycles. The molecule has 3 aromatic rings. The summed E-state index contributed by atoms with van der Waals surface area (Å²) in [5.74, 6) is 0. The van der Waals surface area contributed by atoms with Crippen molar-refractivity contribution in [2.45, 2.75) is 6.54 Å². The van der Waals surface area contributed by atoms with Gasteiger partial charge in [-0.1, -0.05) is 6.07 Å². The van der Waals surface area contributed by atoms with Crippen molar-refractivity contribution >= 4 is 17.0 Å². The van der Waals surface area contributed by atoms with Crippen LogP contribution in [0.5, 0.6) is 0 Å². The van der Waals surface area contributed by atoms with Crippen LogP contribution in [0.25, 0.3) is 10.6 Å². The first-order chi connectivity index (χ1) is 9.74. The number of aryl methyl sites for hydroxylation is 1. The molecule has 6 heteroatoms. The number of anilines is 1. The predicted octanol–water partition coefficient (Wildman–Crippen LogP) is 2.45.